The highest BCUT2D eigenvalue weighted by Crippen LogP contribution is 2.23. The number of nitrogens with one attached hydrogen (secondary N) is 1. The fraction of sp³-hybridized carbons (Fsp3) is 0.0556. The molecule has 0 radical (unpaired) electrons. The summed E-state index contributed by atoms with van der Waals surface area (Å²) in [5.74, 6) is 0.0342. The van der Waals surface area contributed by atoms with E-state index in [4.69, 9.17) is 0 Å². The molecule has 0 bridgehead atoms. The molecule has 0 spiro atoms. The van der Waals surface area contributed by atoms with E-state index >= 15 is 0 Å². The second-order valence-corrected chi connectivity index (χ2v) is 7.09. The molecule has 3 rings (SSSR count). The normalized spacial score (nSPS) is 11.9. The zero-order valence-electron chi connectivity index (χ0n) is 13.0. The van der Waals surface area contributed by atoms with Crippen molar-refractivity contribution >= 4 is 27.0 Å². The summed E-state index contributed by atoms with van der Waals surface area (Å²) in [5.41, 5.74) is 1.40. The number of rotatable bonds is 4. The Labute approximate surface area is 140 Å². The monoisotopic (exact) mass is 340 g/mol. The van der Waals surface area contributed by atoms with Gasteiger partial charge in [0.25, 0.3) is 10.0 Å². The van der Waals surface area contributed by atoms with Gasteiger partial charge in [0.15, 0.2) is 0 Å². The van der Waals surface area contributed by atoms with Crippen LogP contribution in [0.5, 0.6) is 5.75 Å². The smallest absolute Gasteiger partial charge is 0.276 e. The molecule has 2 N–H and O–H groups in total. The molecule has 122 valence electrons. The number of hydrogen-bond donors (Lipinski definition) is 2. The Hall–Kier alpha value is -2.86. The Kier molecular flexibility index (Phi) is 4.22. The third kappa shape index (κ3) is 3.38. The van der Waals surface area contributed by atoms with Crippen LogP contribution in [-0.4, -0.2) is 19.7 Å². The number of phenols is 1. The van der Waals surface area contributed by atoms with Crippen molar-refractivity contribution in [1.29, 1.82) is 0 Å². The summed E-state index contributed by atoms with van der Waals surface area (Å²) >= 11 is 0. The molecule has 0 fully saturated rings. The van der Waals surface area contributed by atoms with E-state index in [9.17, 15) is 13.5 Å². The van der Waals surface area contributed by atoms with Crippen LogP contribution in [0.25, 0.3) is 10.8 Å². The molecular weight excluding hydrogens is 324 g/mol. The van der Waals surface area contributed by atoms with E-state index in [0.29, 0.717) is 5.56 Å². The summed E-state index contributed by atoms with van der Waals surface area (Å²) in [5, 5.41) is 15.6. The second kappa shape index (κ2) is 6.33. The van der Waals surface area contributed by atoms with E-state index in [1.165, 1.54) is 18.3 Å². The summed E-state index contributed by atoms with van der Waals surface area (Å²) in [6.07, 6.45) is 1.29. The Bertz CT molecular complexity index is 1010. The molecule has 0 atom stereocenters. The van der Waals surface area contributed by atoms with Crippen LogP contribution in [0.2, 0.25) is 0 Å². The van der Waals surface area contributed by atoms with Crippen molar-refractivity contribution < 1.29 is 13.5 Å². The summed E-state index contributed by atoms with van der Waals surface area (Å²) in [6, 6.07) is 17.4. The first-order chi connectivity index (χ1) is 11.5. The van der Waals surface area contributed by atoms with Gasteiger partial charge in [-0.2, -0.15) is 13.5 Å². The molecule has 24 heavy (non-hydrogen) atoms. The van der Waals surface area contributed by atoms with Gasteiger partial charge in [0, 0.05) is 5.56 Å². The highest BCUT2D eigenvalue weighted by atomic mass is 32.2. The lowest BCUT2D eigenvalue weighted by molar-refractivity contribution is 0.475. The van der Waals surface area contributed by atoms with Gasteiger partial charge in [-0.25, -0.2) is 4.83 Å². The SMILES string of the molecule is Cc1ccc(S(=O)(=O)N/N=C/c2cc3ccccc3cc2O)cc1. The van der Waals surface area contributed by atoms with Crippen LogP contribution in [0, 0.1) is 6.92 Å². The number of phenolic OH excluding ortho intramolecular Hbond substituents is 1. The number of aromatic hydroxyl groups is 1. The highest BCUT2D eigenvalue weighted by Gasteiger charge is 2.12. The first kappa shape index (κ1) is 16.0. The maximum atomic E-state index is 12.1. The second-order valence-electron chi connectivity index (χ2n) is 5.42. The molecule has 0 aliphatic rings. The van der Waals surface area contributed by atoms with Crippen molar-refractivity contribution in [1.82, 2.24) is 4.83 Å². The minimum atomic E-state index is -3.73. The summed E-state index contributed by atoms with van der Waals surface area (Å²) in [7, 11) is -3.73. The molecule has 0 saturated heterocycles. The minimum Gasteiger partial charge on any atom is -0.507 e. The van der Waals surface area contributed by atoms with Crippen LogP contribution >= 0.6 is 0 Å². The predicted octanol–water partition coefficient (Wildman–Crippen LogP) is 3.17. The molecule has 5 nitrogen and oxygen atoms in total. The van der Waals surface area contributed by atoms with Crippen molar-refractivity contribution in [2.45, 2.75) is 11.8 Å². The minimum absolute atomic E-state index is 0.0342. The summed E-state index contributed by atoms with van der Waals surface area (Å²) in [6.45, 7) is 1.88. The van der Waals surface area contributed by atoms with E-state index in [0.717, 1.165) is 16.3 Å². The fourth-order valence-corrected chi connectivity index (χ4v) is 3.08. The van der Waals surface area contributed by atoms with Gasteiger partial charge < -0.3 is 5.11 Å². The summed E-state index contributed by atoms with van der Waals surface area (Å²) in [4.78, 5) is 2.28. The van der Waals surface area contributed by atoms with E-state index in [1.807, 2.05) is 31.2 Å². The average molecular weight is 340 g/mol. The highest BCUT2D eigenvalue weighted by molar-refractivity contribution is 7.89. The molecule has 3 aromatic rings. The van der Waals surface area contributed by atoms with Gasteiger partial charge in [-0.05, 0) is 42.0 Å². The van der Waals surface area contributed by atoms with Gasteiger partial charge >= 0.3 is 0 Å². The van der Waals surface area contributed by atoms with Crippen LogP contribution in [-0.2, 0) is 10.0 Å². The fourth-order valence-electron chi connectivity index (χ4n) is 2.28. The zero-order chi connectivity index (χ0) is 17.2. The molecule has 0 heterocycles. The standard InChI is InChI=1S/C18H16N2O3S/c1-13-6-8-17(9-7-13)24(22,23)20-19-12-16-10-14-4-2-3-5-15(14)11-18(16)21/h2-12,20-21H,1H3/b19-12+. The van der Waals surface area contributed by atoms with Crippen LogP contribution in [0.15, 0.2) is 70.7 Å². The number of nitrogens with zero attached hydrogens (tertiary/aromatic N) is 1. The van der Waals surface area contributed by atoms with Crippen LogP contribution in [0.1, 0.15) is 11.1 Å². The average Bonchev–Trinajstić information content (AvgIpc) is 2.55. The van der Waals surface area contributed by atoms with E-state index in [-0.39, 0.29) is 10.6 Å². The molecule has 0 unspecified atom stereocenters. The summed E-state index contributed by atoms with van der Waals surface area (Å²) < 4.78 is 24.3. The largest absolute Gasteiger partial charge is 0.507 e. The number of aryl methyl sites for hydroxylation is 1. The molecule has 3 aromatic carbocycles. The number of hydrogen-bond acceptors (Lipinski definition) is 4. The number of sulfonamides is 1. The lowest BCUT2D eigenvalue weighted by atomic mass is 10.1. The number of fused-ring (bicyclic) bond motifs is 1. The van der Waals surface area contributed by atoms with E-state index in [2.05, 4.69) is 9.93 Å². The number of benzene rings is 3. The molecule has 0 amide bonds. The van der Waals surface area contributed by atoms with Crippen molar-refractivity contribution in [3.05, 3.63) is 71.8 Å². The first-order valence-corrected chi connectivity index (χ1v) is 8.77. The van der Waals surface area contributed by atoms with Crippen molar-refractivity contribution in [2.24, 2.45) is 5.10 Å². The molecule has 0 aliphatic heterocycles. The van der Waals surface area contributed by atoms with Crippen molar-refractivity contribution in [3.63, 3.8) is 0 Å². The Morgan fingerprint density at radius 3 is 2.29 bits per heavy atom. The maximum absolute atomic E-state index is 12.1. The lowest BCUT2D eigenvalue weighted by Gasteiger charge is -2.05. The predicted molar refractivity (Wildman–Crippen MR) is 94.7 cm³/mol. The maximum Gasteiger partial charge on any atom is 0.276 e. The first-order valence-electron chi connectivity index (χ1n) is 7.29. The van der Waals surface area contributed by atoms with E-state index < -0.39 is 10.0 Å². The van der Waals surface area contributed by atoms with Gasteiger partial charge in [-0.15, -0.1) is 0 Å². The van der Waals surface area contributed by atoms with Gasteiger partial charge in [-0.1, -0.05) is 42.0 Å². The molecule has 6 heteroatoms. The molecular formula is C18H16N2O3S. The molecule has 0 aliphatic carbocycles. The zero-order valence-corrected chi connectivity index (χ0v) is 13.8. The topological polar surface area (TPSA) is 78.8 Å². The van der Waals surface area contributed by atoms with Crippen molar-refractivity contribution in [3.8, 4) is 5.75 Å². The lowest BCUT2D eigenvalue weighted by Crippen LogP contribution is -2.18. The third-order valence-corrected chi connectivity index (χ3v) is 4.84. The quantitative estimate of drug-likeness (QED) is 0.565. The Morgan fingerprint density at radius 2 is 1.62 bits per heavy atom. The van der Waals surface area contributed by atoms with Crippen LogP contribution in [0.3, 0.4) is 0 Å². The van der Waals surface area contributed by atoms with Gasteiger partial charge in [-0.3, -0.25) is 0 Å². The van der Waals surface area contributed by atoms with Gasteiger partial charge in [0.05, 0.1) is 11.1 Å². The molecule has 0 saturated carbocycles. The van der Waals surface area contributed by atoms with E-state index in [1.54, 1.807) is 24.3 Å². The molecule has 0 aromatic heterocycles. The third-order valence-electron chi connectivity index (χ3n) is 3.60. The Balaban J connectivity index is 1.83. The van der Waals surface area contributed by atoms with Crippen LogP contribution < -0.4 is 4.83 Å². The van der Waals surface area contributed by atoms with Crippen molar-refractivity contribution in [2.75, 3.05) is 0 Å². The number of hydrazone groups is 1. The van der Waals surface area contributed by atoms with Crippen LogP contribution in [0.4, 0.5) is 0 Å². The van der Waals surface area contributed by atoms with Gasteiger partial charge in [0.2, 0.25) is 0 Å². The van der Waals surface area contributed by atoms with Gasteiger partial charge in [0.1, 0.15) is 5.75 Å². The Morgan fingerprint density at radius 1 is 1.00 bits per heavy atom.